The van der Waals surface area contributed by atoms with E-state index < -0.39 is 5.97 Å². The van der Waals surface area contributed by atoms with Gasteiger partial charge in [-0.1, -0.05) is 0 Å². The van der Waals surface area contributed by atoms with E-state index >= 15 is 0 Å². The first-order valence-corrected chi connectivity index (χ1v) is 4.76. The maximum atomic E-state index is 11.0. The Labute approximate surface area is 92.1 Å². The molecule has 0 spiro atoms. The number of carboxylic acid groups (broad SMARTS) is 1. The molecule has 0 amide bonds. The summed E-state index contributed by atoms with van der Waals surface area (Å²) < 4.78 is 1.52. The number of fused-ring (bicyclic) bond motifs is 1. The van der Waals surface area contributed by atoms with Gasteiger partial charge in [0.2, 0.25) is 0 Å². The van der Waals surface area contributed by atoms with E-state index in [1.165, 1.54) is 10.7 Å². The molecule has 0 unspecified atom stereocenters. The van der Waals surface area contributed by atoms with Gasteiger partial charge in [-0.05, 0) is 6.92 Å². The lowest BCUT2D eigenvalue weighted by atomic mass is 10.3. The molecule has 0 atom stereocenters. The van der Waals surface area contributed by atoms with E-state index in [-0.39, 0.29) is 5.56 Å². The van der Waals surface area contributed by atoms with E-state index in [9.17, 15) is 4.79 Å². The van der Waals surface area contributed by atoms with Gasteiger partial charge in [0.05, 0.1) is 6.20 Å². The Bertz CT molecular complexity index is 559. The summed E-state index contributed by atoms with van der Waals surface area (Å²) in [5, 5.41) is 13.0. The molecule has 0 saturated carbocycles. The number of carboxylic acids is 1. The number of hydrogen-bond donors (Lipinski definition) is 1. The highest BCUT2D eigenvalue weighted by Crippen LogP contribution is 2.17. The van der Waals surface area contributed by atoms with Crippen LogP contribution >= 0.6 is 0 Å². The first kappa shape index (κ1) is 10.4. The number of rotatable bonds is 2. The minimum Gasteiger partial charge on any atom is -0.477 e. The predicted octanol–water partition coefficient (Wildman–Crippen LogP) is 0.802. The molecule has 0 saturated heterocycles. The second-order valence-corrected chi connectivity index (χ2v) is 3.75. The first-order chi connectivity index (χ1) is 7.50. The molecule has 2 aromatic rings. The molecular weight excluding hydrogens is 208 g/mol. The Morgan fingerprint density at radius 2 is 2.19 bits per heavy atom. The lowest BCUT2D eigenvalue weighted by Crippen LogP contribution is -2.14. The first-order valence-electron chi connectivity index (χ1n) is 4.76. The lowest BCUT2D eigenvalue weighted by Gasteiger charge is -2.14. The molecule has 0 bridgehead atoms. The lowest BCUT2D eigenvalue weighted by molar-refractivity contribution is 0.0699. The Hall–Kier alpha value is -2.11. The highest BCUT2D eigenvalue weighted by Gasteiger charge is 2.15. The van der Waals surface area contributed by atoms with E-state index in [1.807, 2.05) is 32.0 Å². The van der Waals surface area contributed by atoms with Crippen molar-refractivity contribution in [3.63, 3.8) is 0 Å². The summed E-state index contributed by atoms with van der Waals surface area (Å²) in [6.07, 6.45) is 1.32. The van der Waals surface area contributed by atoms with Gasteiger partial charge >= 0.3 is 5.97 Å². The largest absolute Gasteiger partial charge is 0.477 e. The van der Waals surface area contributed by atoms with Crippen LogP contribution in [0.1, 0.15) is 16.1 Å². The number of nitrogens with zero attached hydrogens (tertiary/aromatic N) is 4. The van der Waals surface area contributed by atoms with Gasteiger partial charge in [0.1, 0.15) is 11.4 Å². The Kier molecular flexibility index (Phi) is 2.26. The zero-order chi connectivity index (χ0) is 11.9. The maximum Gasteiger partial charge on any atom is 0.341 e. The van der Waals surface area contributed by atoms with Gasteiger partial charge in [0.25, 0.3) is 0 Å². The number of anilines is 1. The average Bonchev–Trinajstić information content (AvgIpc) is 2.59. The Morgan fingerprint density at radius 1 is 1.50 bits per heavy atom. The fourth-order valence-electron chi connectivity index (χ4n) is 1.53. The van der Waals surface area contributed by atoms with Crippen molar-refractivity contribution in [1.82, 2.24) is 14.6 Å². The van der Waals surface area contributed by atoms with Crippen molar-refractivity contribution in [3.8, 4) is 0 Å². The van der Waals surface area contributed by atoms with Crippen LogP contribution in [0.4, 0.5) is 5.82 Å². The molecule has 0 fully saturated rings. The van der Waals surface area contributed by atoms with Crippen LogP contribution in [0.3, 0.4) is 0 Å². The van der Waals surface area contributed by atoms with E-state index in [0.29, 0.717) is 5.65 Å². The molecule has 16 heavy (non-hydrogen) atoms. The zero-order valence-electron chi connectivity index (χ0n) is 9.30. The van der Waals surface area contributed by atoms with Crippen molar-refractivity contribution in [2.24, 2.45) is 0 Å². The molecule has 6 heteroatoms. The average molecular weight is 220 g/mol. The van der Waals surface area contributed by atoms with Crippen LogP contribution in [-0.2, 0) is 0 Å². The summed E-state index contributed by atoms with van der Waals surface area (Å²) in [6.45, 7) is 1.83. The monoisotopic (exact) mass is 220 g/mol. The quantitative estimate of drug-likeness (QED) is 0.810. The third-order valence-electron chi connectivity index (χ3n) is 2.27. The highest BCUT2D eigenvalue weighted by molar-refractivity contribution is 5.94. The van der Waals surface area contributed by atoms with Gasteiger partial charge < -0.3 is 10.0 Å². The van der Waals surface area contributed by atoms with Crippen LogP contribution < -0.4 is 4.90 Å². The van der Waals surface area contributed by atoms with Crippen molar-refractivity contribution in [2.45, 2.75) is 6.92 Å². The SMILES string of the molecule is Cc1cc(N(C)C)n2ncc(C(=O)O)c2n1. The smallest absolute Gasteiger partial charge is 0.341 e. The molecule has 2 heterocycles. The summed E-state index contributed by atoms with van der Waals surface area (Å²) >= 11 is 0. The fourth-order valence-corrected chi connectivity index (χ4v) is 1.53. The molecule has 2 rings (SSSR count). The standard InChI is InChI=1S/C10H12N4O2/c1-6-4-8(13(2)3)14-9(12-6)7(5-11-14)10(15)16/h4-5H,1-3H3,(H,15,16). The Morgan fingerprint density at radius 3 is 2.75 bits per heavy atom. The van der Waals surface area contributed by atoms with Gasteiger partial charge in [-0.3, -0.25) is 0 Å². The second kappa shape index (κ2) is 3.48. The summed E-state index contributed by atoms with van der Waals surface area (Å²) in [4.78, 5) is 17.0. The van der Waals surface area contributed by atoms with Crippen LogP contribution in [0.25, 0.3) is 5.65 Å². The summed E-state index contributed by atoms with van der Waals surface area (Å²) in [6, 6.07) is 1.85. The van der Waals surface area contributed by atoms with E-state index in [4.69, 9.17) is 5.11 Å². The van der Waals surface area contributed by atoms with Crippen LogP contribution in [-0.4, -0.2) is 39.8 Å². The summed E-state index contributed by atoms with van der Waals surface area (Å²) in [5.74, 6) is -0.215. The summed E-state index contributed by atoms with van der Waals surface area (Å²) in [7, 11) is 3.74. The molecule has 6 nitrogen and oxygen atoms in total. The van der Waals surface area contributed by atoms with Crippen molar-refractivity contribution < 1.29 is 9.90 Å². The minimum atomic E-state index is -1.02. The van der Waals surface area contributed by atoms with Gasteiger partial charge in [-0.15, -0.1) is 0 Å². The normalized spacial score (nSPS) is 10.7. The number of carbonyl (C=O) groups is 1. The van der Waals surface area contributed by atoms with Crippen molar-refractivity contribution in [1.29, 1.82) is 0 Å². The van der Waals surface area contributed by atoms with Crippen LogP contribution in [0.2, 0.25) is 0 Å². The molecule has 0 aliphatic carbocycles. The molecular formula is C10H12N4O2. The third-order valence-corrected chi connectivity index (χ3v) is 2.27. The van der Waals surface area contributed by atoms with E-state index in [0.717, 1.165) is 11.5 Å². The van der Waals surface area contributed by atoms with Crippen LogP contribution in [0, 0.1) is 6.92 Å². The molecule has 0 aromatic carbocycles. The van der Waals surface area contributed by atoms with Gasteiger partial charge in [-0.2, -0.15) is 9.61 Å². The van der Waals surface area contributed by atoms with Gasteiger partial charge in [-0.25, -0.2) is 9.78 Å². The summed E-state index contributed by atoms with van der Waals surface area (Å²) in [5.41, 5.74) is 1.25. The predicted molar refractivity (Wildman–Crippen MR) is 59.0 cm³/mol. The number of aromatic nitrogens is 3. The molecule has 0 aliphatic heterocycles. The van der Waals surface area contributed by atoms with Gasteiger partial charge in [0, 0.05) is 25.9 Å². The molecule has 0 aliphatic rings. The van der Waals surface area contributed by atoms with Crippen molar-refractivity contribution in [3.05, 3.63) is 23.5 Å². The number of aromatic carboxylic acids is 1. The number of hydrogen-bond acceptors (Lipinski definition) is 4. The molecule has 0 radical (unpaired) electrons. The molecule has 2 aromatic heterocycles. The van der Waals surface area contributed by atoms with Crippen molar-refractivity contribution in [2.75, 3.05) is 19.0 Å². The topological polar surface area (TPSA) is 70.7 Å². The van der Waals surface area contributed by atoms with Crippen LogP contribution in [0.15, 0.2) is 12.3 Å². The third kappa shape index (κ3) is 1.48. The zero-order valence-corrected chi connectivity index (χ0v) is 9.30. The van der Waals surface area contributed by atoms with Gasteiger partial charge in [0.15, 0.2) is 5.65 Å². The second-order valence-electron chi connectivity index (χ2n) is 3.75. The highest BCUT2D eigenvalue weighted by atomic mass is 16.4. The molecule has 84 valence electrons. The molecule has 1 N–H and O–H groups in total. The number of aryl methyl sites for hydroxylation is 1. The van der Waals surface area contributed by atoms with Crippen molar-refractivity contribution >= 4 is 17.4 Å². The maximum absolute atomic E-state index is 11.0. The minimum absolute atomic E-state index is 0.117. The van der Waals surface area contributed by atoms with E-state index in [1.54, 1.807) is 0 Å². The Balaban J connectivity index is 2.80. The van der Waals surface area contributed by atoms with Crippen LogP contribution in [0.5, 0.6) is 0 Å². The fraction of sp³-hybridized carbons (Fsp3) is 0.300. The van der Waals surface area contributed by atoms with E-state index in [2.05, 4.69) is 10.1 Å².